The number of rotatable bonds is 2. The molecule has 0 aromatic heterocycles. The van der Waals surface area contributed by atoms with Crippen LogP contribution in [-0.2, 0) is 9.84 Å². The number of nitrogens with zero attached hydrogens (tertiary/aromatic N) is 2. The Morgan fingerprint density at radius 3 is 2.33 bits per heavy atom. The van der Waals surface area contributed by atoms with Gasteiger partial charge in [0.1, 0.15) is 0 Å². The Bertz CT molecular complexity index is 747. The summed E-state index contributed by atoms with van der Waals surface area (Å²) in [5.41, 5.74) is 8.17. The number of carbonyl (C=O) groups is 1. The van der Waals surface area contributed by atoms with Crippen LogP contribution in [-0.4, -0.2) is 56.9 Å². The first-order chi connectivity index (χ1) is 11.4. The molecule has 0 spiro atoms. The number of sulfone groups is 1. The van der Waals surface area contributed by atoms with Crippen molar-refractivity contribution in [2.24, 2.45) is 11.8 Å². The summed E-state index contributed by atoms with van der Waals surface area (Å²) in [6, 6.07) is 5.43. The quantitative estimate of drug-likeness (QED) is 0.805. The van der Waals surface area contributed by atoms with Crippen LogP contribution in [0.3, 0.4) is 0 Å². The number of hydrogen-bond donors (Lipinski definition) is 1. The predicted octanol–water partition coefficient (Wildman–Crippen LogP) is 0.986. The summed E-state index contributed by atoms with van der Waals surface area (Å²) in [7, 11) is -2.99. The second-order valence-electron chi connectivity index (χ2n) is 7.33. The minimum Gasteiger partial charge on any atom is -0.399 e. The molecule has 1 aliphatic carbocycles. The van der Waals surface area contributed by atoms with E-state index in [4.69, 9.17) is 5.73 Å². The first-order valence-electron chi connectivity index (χ1n) is 8.55. The van der Waals surface area contributed by atoms with Gasteiger partial charge in [-0.15, -0.1) is 0 Å². The van der Waals surface area contributed by atoms with Crippen LogP contribution < -0.4 is 10.6 Å². The van der Waals surface area contributed by atoms with Crippen molar-refractivity contribution < 1.29 is 13.2 Å². The molecule has 7 heteroatoms. The van der Waals surface area contributed by atoms with Crippen LogP contribution in [0, 0.1) is 11.8 Å². The van der Waals surface area contributed by atoms with E-state index in [9.17, 15) is 13.2 Å². The number of hydrogen-bond acceptors (Lipinski definition) is 5. The molecule has 4 fully saturated rings. The van der Waals surface area contributed by atoms with Crippen molar-refractivity contribution in [3.63, 3.8) is 0 Å². The zero-order valence-electron chi connectivity index (χ0n) is 13.6. The number of benzene rings is 1. The Hall–Kier alpha value is -1.76. The van der Waals surface area contributed by atoms with E-state index in [0.29, 0.717) is 11.3 Å². The summed E-state index contributed by atoms with van der Waals surface area (Å²) in [6.07, 6.45) is 2.60. The van der Waals surface area contributed by atoms with Crippen molar-refractivity contribution in [1.29, 1.82) is 0 Å². The zero-order valence-corrected chi connectivity index (χ0v) is 14.5. The third-order valence-electron chi connectivity index (χ3n) is 5.52. The number of fused-ring (bicyclic) bond motifs is 2. The molecule has 0 unspecified atom stereocenters. The van der Waals surface area contributed by atoms with Gasteiger partial charge < -0.3 is 15.5 Å². The molecule has 1 aromatic rings. The highest BCUT2D eigenvalue weighted by Gasteiger charge is 2.38. The summed E-state index contributed by atoms with van der Waals surface area (Å²) in [5.74, 6) is 1.48. The van der Waals surface area contributed by atoms with Gasteiger partial charge in [0.05, 0.1) is 22.8 Å². The average Bonchev–Trinajstić information content (AvgIpc) is 2.53. The van der Waals surface area contributed by atoms with Crippen LogP contribution >= 0.6 is 0 Å². The summed E-state index contributed by atoms with van der Waals surface area (Å²) in [4.78, 5) is 16.9. The maximum absolute atomic E-state index is 12.9. The molecule has 0 atom stereocenters. The second kappa shape index (κ2) is 5.65. The molecule has 6 nitrogen and oxygen atoms in total. The minimum atomic E-state index is -2.99. The smallest absolute Gasteiger partial charge is 0.256 e. The van der Waals surface area contributed by atoms with Gasteiger partial charge in [0.15, 0.2) is 9.84 Å². The third kappa shape index (κ3) is 2.85. The maximum Gasteiger partial charge on any atom is 0.256 e. The fraction of sp³-hybridized carbons (Fsp3) is 0.588. The van der Waals surface area contributed by atoms with Gasteiger partial charge in [-0.1, -0.05) is 0 Å². The van der Waals surface area contributed by atoms with Gasteiger partial charge in [0.25, 0.3) is 5.91 Å². The summed E-state index contributed by atoms with van der Waals surface area (Å²) in [5, 5.41) is 0. The second-order valence-corrected chi connectivity index (χ2v) is 9.63. The van der Waals surface area contributed by atoms with Gasteiger partial charge in [-0.3, -0.25) is 4.79 Å². The molecule has 3 heterocycles. The molecule has 130 valence electrons. The molecule has 1 aromatic carbocycles. The van der Waals surface area contributed by atoms with Crippen LogP contribution in [0.4, 0.5) is 11.4 Å². The first-order valence-corrected chi connectivity index (χ1v) is 10.4. The zero-order chi connectivity index (χ0) is 16.9. The van der Waals surface area contributed by atoms with Crippen molar-refractivity contribution in [3.05, 3.63) is 23.8 Å². The van der Waals surface area contributed by atoms with Gasteiger partial charge in [-0.05, 0) is 42.9 Å². The highest BCUT2D eigenvalue weighted by atomic mass is 32.2. The predicted molar refractivity (Wildman–Crippen MR) is 93.8 cm³/mol. The van der Waals surface area contributed by atoms with Crippen molar-refractivity contribution in [1.82, 2.24) is 4.90 Å². The van der Waals surface area contributed by atoms with E-state index in [2.05, 4.69) is 4.90 Å². The summed E-state index contributed by atoms with van der Waals surface area (Å²) < 4.78 is 23.2. The van der Waals surface area contributed by atoms with E-state index in [0.717, 1.165) is 30.6 Å². The van der Waals surface area contributed by atoms with Crippen LogP contribution in [0.15, 0.2) is 18.2 Å². The molecule has 3 saturated heterocycles. The SMILES string of the molecule is Nc1ccc(C(=O)N2CCS(=O)(=O)CC2)c(N2CC3CC(C3)C2)c1. The van der Waals surface area contributed by atoms with Crippen LogP contribution in [0.5, 0.6) is 0 Å². The van der Waals surface area contributed by atoms with Crippen molar-refractivity contribution in [2.75, 3.05) is 48.3 Å². The van der Waals surface area contributed by atoms with E-state index < -0.39 is 9.84 Å². The number of nitrogens with two attached hydrogens (primary N) is 1. The molecule has 2 bridgehead atoms. The Balaban J connectivity index is 1.59. The van der Waals surface area contributed by atoms with Gasteiger partial charge in [-0.2, -0.15) is 0 Å². The molecule has 1 saturated carbocycles. The molecule has 0 radical (unpaired) electrons. The Labute approximate surface area is 142 Å². The van der Waals surface area contributed by atoms with Crippen LogP contribution in [0.1, 0.15) is 23.2 Å². The highest BCUT2D eigenvalue weighted by Crippen LogP contribution is 2.42. The first kappa shape index (κ1) is 15.7. The molecule has 1 amide bonds. The molecule has 5 rings (SSSR count). The Kier molecular flexibility index (Phi) is 3.71. The van der Waals surface area contributed by atoms with Gasteiger partial charge in [0, 0.05) is 31.9 Å². The lowest BCUT2D eigenvalue weighted by Gasteiger charge is -2.48. The number of piperidine rings is 2. The molecular formula is C17H23N3O3S. The number of carbonyl (C=O) groups excluding carboxylic acids is 1. The standard InChI is InChI=1S/C17H23N3O3S/c18-14-1-2-15(17(21)19-3-5-24(22,23)6-4-19)16(9-14)20-10-12-7-13(8-12)11-20/h1-2,9,12-13H,3-8,10-11,18H2. The molecule has 24 heavy (non-hydrogen) atoms. The molecule has 2 N–H and O–H groups in total. The lowest BCUT2D eigenvalue weighted by Crippen LogP contribution is -2.49. The molecular weight excluding hydrogens is 326 g/mol. The van der Waals surface area contributed by atoms with Gasteiger partial charge in [-0.25, -0.2) is 8.42 Å². The molecule has 4 aliphatic rings. The lowest BCUT2D eigenvalue weighted by atomic mass is 9.71. The highest BCUT2D eigenvalue weighted by molar-refractivity contribution is 7.91. The summed E-state index contributed by atoms with van der Waals surface area (Å²) in [6.45, 7) is 2.51. The van der Waals surface area contributed by atoms with Gasteiger partial charge in [0.2, 0.25) is 0 Å². The largest absolute Gasteiger partial charge is 0.399 e. The van der Waals surface area contributed by atoms with Crippen LogP contribution in [0.25, 0.3) is 0 Å². The third-order valence-corrected chi connectivity index (χ3v) is 7.12. The van der Waals surface area contributed by atoms with Crippen LogP contribution in [0.2, 0.25) is 0 Å². The van der Waals surface area contributed by atoms with E-state index in [-0.39, 0.29) is 30.5 Å². The van der Waals surface area contributed by atoms with E-state index in [1.54, 1.807) is 17.0 Å². The maximum atomic E-state index is 12.9. The normalized spacial score (nSPS) is 28.3. The van der Waals surface area contributed by atoms with E-state index in [1.165, 1.54) is 12.8 Å². The monoisotopic (exact) mass is 349 g/mol. The fourth-order valence-corrected chi connectivity index (χ4v) is 5.34. The fourth-order valence-electron chi connectivity index (χ4n) is 4.14. The van der Waals surface area contributed by atoms with E-state index >= 15 is 0 Å². The van der Waals surface area contributed by atoms with E-state index in [1.807, 2.05) is 6.07 Å². The lowest BCUT2D eigenvalue weighted by molar-refractivity contribution is 0.0770. The van der Waals surface area contributed by atoms with Crippen molar-refractivity contribution in [3.8, 4) is 0 Å². The molecule has 3 aliphatic heterocycles. The van der Waals surface area contributed by atoms with Gasteiger partial charge >= 0.3 is 0 Å². The number of amides is 1. The minimum absolute atomic E-state index is 0.0525. The Morgan fingerprint density at radius 2 is 1.71 bits per heavy atom. The number of nitrogen functional groups attached to an aromatic ring is 1. The average molecular weight is 349 g/mol. The van der Waals surface area contributed by atoms with Crippen molar-refractivity contribution >= 4 is 27.1 Å². The van der Waals surface area contributed by atoms with Crippen molar-refractivity contribution in [2.45, 2.75) is 12.8 Å². The Morgan fingerprint density at radius 1 is 1.08 bits per heavy atom. The number of anilines is 2. The topological polar surface area (TPSA) is 83.7 Å². The summed E-state index contributed by atoms with van der Waals surface area (Å²) >= 11 is 0.